The molecule has 0 unspecified atom stereocenters. The molecule has 1 N–H and O–H groups in total. The summed E-state index contributed by atoms with van der Waals surface area (Å²) < 4.78 is 43.2. The van der Waals surface area contributed by atoms with E-state index in [0.29, 0.717) is 6.07 Å². The van der Waals surface area contributed by atoms with Crippen LogP contribution in [0.1, 0.15) is 29.8 Å². The highest BCUT2D eigenvalue weighted by molar-refractivity contribution is 5.91. The van der Waals surface area contributed by atoms with Gasteiger partial charge >= 0.3 is 12.1 Å². The van der Waals surface area contributed by atoms with Crippen LogP contribution in [-0.2, 0) is 6.18 Å². The third kappa shape index (κ3) is 4.35. The second kappa shape index (κ2) is 5.93. The van der Waals surface area contributed by atoms with Crippen molar-refractivity contribution in [3.8, 4) is 5.75 Å². The Morgan fingerprint density at radius 3 is 2.29 bits per heavy atom. The van der Waals surface area contributed by atoms with E-state index in [0.717, 1.165) is 12.1 Å². The van der Waals surface area contributed by atoms with Gasteiger partial charge in [0.05, 0.1) is 5.56 Å². The zero-order valence-electron chi connectivity index (χ0n) is 12.3. The van der Waals surface area contributed by atoms with E-state index in [1.807, 2.05) is 32.8 Å². The van der Waals surface area contributed by atoms with Crippen LogP contribution in [0.2, 0.25) is 0 Å². The Morgan fingerprint density at radius 1 is 1.29 bits per heavy atom. The molecule has 0 bridgehead atoms. The third-order valence-corrected chi connectivity index (χ3v) is 3.33. The van der Waals surface area contributed by atoms with Crippen molar-refractivity contribution in [1.82, 2.24) is 4.90 Å². The minimum absolute atomic E-state index is 0.0783. The summed E-state index contributed by atoms with van der Waals surface area (Å²) in [5.41, 5.74) is -1.91. The maximum Gasteiger partial charge on any atom is 0.416 e. The molecule has 0 atom stereocenters. The molecule has 7 heteroatoms. The lowest BCUT2D eigenvalue weighted by molar-refractivity contribution is -0.137. The molecule has 0 aliphatic heterocycles. The monoisotopic (exact) mass is 305 g/mol. The van der Waals surface area contributed by atoms with Gasteiger partial charge in [0.15, 0.2) is 0 Å². The molecule has 4 nitrogen and oxygen atoms in total. The quantitative estimate of drug-likeness (QED) is 0.908. The molecule has 0 saturated heterocycles. The number of halogens is 3. The van der Waals surface area contributed by atoms with Crippen LogP contribution in [0.5, 0.6) is 5.75 Å². The van der Waals surface area contributed by atoms with Gasteiger partial charge in [-0.15, -0.1) is 0 Å². The lowest BCUT2D eigenvalue weighted by Crippen LogP contribution is -2.43. The van der Waals surface area contributed by atoms with Crippen LogP contribution in [0.15, 0.2) is 18.2 Å². The highest BCUT2D eigenvalue weighted by Gasteiger charge is 2.32. The van der Waals surface area contributed by atoms with E-state index in [9.17, 15) is 18.0 Å². The van der Waals surface area contributed by atoms with Crippen molar-refractivity contribution in [2.75, 3.05) is 20.7 Å². The minimum Gasteiger partial charge on any atom is -0.491 e. The van der Waals surface area contributed by atoms with Gasteiger partial charge in [0.25, 0.3) is 0 Å². The molecular weight excluding hydrogens is 287 g/mol. The van der Waals surface area contributed by atoms with E-state index in [-0.39, 0.29) is 12.4 Å². The Bertz CT molecular complexity index is 525. The first kappa shape index (κ1) is 17.3. The fourth-order valence-electron chi connectivity index (χ4n) is 1.38. The summed E-state index contributed by atoms with van der Waals surface area (Å²) in [4.78, 5) is 13.0. The summed E-state index contributed by atoms with van der Waals surface area (Å²) in [6.45, 7) is 3.89. The number of rotatable bonds is 5. The highest BCUT2D eigenvalue weighted by Crippen LogP contribution is 2.33. The van der Waals surface area contributed by atoms with Crippen molar-refractivity contribution in [2.24, 2.45) is 0 Å². The van der Waals surface area contributed by atoms with Crippen molar-refractivity contribution in [2.45, 2.75) is 25.6 Å². The normalized spacial score (nSPS) is 12.6. The van der Waals surface area contributed by atoms with Gasteiger partial charge in [-0.1, -0.05) is 0 Å². The fraction of sp³-hybridized carbons (Fsp3) is 0.500. The number of aromatic carboxylic acids is 1. The molecule has 0 spiro atoms. The van der Waals surface area contributed by atoms with E-state index in [1.165, 1.54) is 0 Å². The summed E-state index contributed by atoms with van der Waals surface area (Å²) in [6, 6.07) is 2.43. The maximum atomic E-state index is 12.6. The smallest absolute Gasteiger partial charge is 0.416 e. The number of carboxylic acid groups (broad SMARTS) is 1. The molecule has 0 fully saturated rings. The van der Waals surface area contributed by atoms with Crippen LogP contribution in [0.3, 0.4) is 0 Å². The van der Waals surface area contributed by atoms with Crippen molar-refractivity contribution >= 4 is 5.97 Å². The number of ether oxygens (including phenoxy) is 1. The molecule has 0 aromatic heterocycles. The summed E-state index contributed by atoms with van der Waals surface area (Å²) in [5, 5.41) is 9.04. The number of hydrogen-bond acceptors (Lipinski definition) is 3. The van der Waals surface area contributed by atoms with Crippen molar-refractivity contribution in [3.05, 3.63) is 29.3 Å². The lowest BCUT2D eigenvalue weighted by atomic mass is 10.1. The van der Waals surface area contributed by atoms with Crippen LogP contribution in [0.4, 0.5) is 13.2 Å². The maximum absolute atomic E-state index is 12.6. The SMILES string of the molecule is CN(C)C(C)(C)COc1ccc(C(F)(F)F)cc1C(=O)O. The van der Waals surface area contributed by atoms with Gasteiger partial charge < -0.3 is 14.7 Å². The molecule has 0 saturated carbocycles. The second-order valence-corrected chi connectivity index (χ2v) is 5.51. The first-order valence-electron chi connectivity index (χ1n) is 6.20. The van der Waals surface area contributed by atoms with E-state index >= 15 is 0 Å². The predicted molar refractivity (Wildman–Crippen MR) is 71.7 cm³/mol. The Hall–Kier alpha value is -1.76. The number of alkyl halides is 3. The topological polar surface area (TPSA) is 49.8 Å². The predicted octanol–water partition coefficient (Wildman–Crippen LogP) is 3.12. The van der Waals surface area contributed by atoms with E-state index < -0.39 is 28.8 Å². The molecule has 0 heterocycles. The number of carbonyl (C=O) groups is 1. The molecule has 1 aromatic carbocycles. The van der Waals surface area contributed by atoms with Gasteiger partial charge in [-0.2, -0.15) is 13.2 Å². The molecule has 1 aromatic rings. The third-order valence-electron chi connectivity index (χ3n) is 3.33. The average molecular weight is 305 g/mol. The van der Waals surface area contributed by atoms with Crippen LogP contribution >= 0.6 is 0 Å². The van der Waals surface area contributed by atoms with Gasteiger partial charge in [-0.3, -0.25) is 0 Å². The first-order valence-corrected chi connectivity index (χ1v) is 6.20. The van der Waals surface area contributed by atoms with Crippen molar-refractivity contribution < 1.29 is 27.8 Å². The van der Waals surface area contributed by atoms with Gasteiger partial charge in [0.1, 0.15) is 17.9 Å². The van der Waals surface area contributed by atoms with Crippen molar-refractivity contribution in [3.63, 3.8) is 0 Å². The standard InChI is InChI=1S/C14H18F3NO3/c1-13(2,18(3)4)8-21-11-6-5-9(14(15,16)17)7-10(11)12(19)20/h5-7H,8H2,1-4H3,(H,19,20). The van der Waals surface area contributed by atoms with E-state index in [2.05, 4.69) is 0 Å². The average Bonchev–Trinajstić information content (AvgIpc) is 2.34. The number of hydrogen-bond donors (Lipinski definition) is 1. The molecule has 0 aliphatic carbocycles. The zero-order valence-corrected chi connectivity index (χ0v) is 12.3. The molecule has 1 rings (SSSR count). The zero-order chi connectivity index (χ0) is 16.4. The van der Waals surface area contributed by atoms with E-state index in [1.54, 1.807) is 0 Å². The summed E-state index contributed by atoms with van der Waals surface area (Å²) >= 11 is 0. The number of carboxylic acids is 1. The molecular formula is C14H18F3NO3. The van der Waals surface area contributed by atoms with Crippen LogP contribution in [0, 0.1) is 0 Å². The van der Waals surface area contributed by atoms with Crippen LogP contribution < -0.4 is 4.74 Å². The van der Waals surface area contributed by atoms with Gasteiger partial charge in [-0.25, -0.2) is 4.79 Å². The Balaban J connectivity index is 3.06. The minimum atomic E-state index is -4.59. The Morgan fingerprint density at radius 2 is 1.86 bits per heavy atom. The summed E-state index contributed by atoms with van der Waals surface area (Å²) in [5.74, 6) is -1.54. The Kier molecular flexibility index (Phi) is 4.88. The second-order valence-electron chi connectivity index (χ2n) is 5.51. The summed E-state index contributed by atoms with van der Waals surface area (Å²) in [7, 11) is 3.66. The largest absolute Gasteiger partial charge is 0.491 e. The van der Waals surface area contributed by atoms with Crippen molar-refractivity contribution in [1.29, 1.82) is 0 Å². The molecule has 0 aliphatic rings. The Labute approximate surface area is 121 Å². The number of nitrogens with zero attached hydrogens (tertiary/aromatic N) is 1. The lowest BCUT2D eigenvalue weighted by Gasteiger charge is -2.32. The molecule has 0 amide bonds. The molecule has 21 heavy (non-hydrogen) atoms. The van der Waals surface area contributed by atoms with Gasteiger partial charge in [-0.05, 0) is 46.1 Å². The molecule has 0 radical (unpaired) electrons. The summed E-state index contributed by atoms with van der Waals surface area (Å²) in [6.07, 6.45) is -4.59. The number of benzene rings is 1. The van der Waals surface area contributed by atoms with Crippen LogP contribution in [0.25, 0.3) is 0 Å². The number of likely N-dealkylation sites (N-methyl/N-ethyl adjacent to an activating group) is 1. The first-order chi connectivity index (χ1) is 9.45. The van der Waals surface area contributed by atoms with Crippen LogP contribution in [-0.4, -0.2) is 42.2 Å². The fourth-order valence-corrected chi connectivity index (χ4v) is 1.38. The van der Waals surface area contributed by atoms with Gasteiger partial charge in [0.2, 0.25) is 0 Å². The van der Waals surface area contributed by atoms with Gasteiger partial charge in [0, 0.05) is 5.54 Å². The molecule has 118 valence electrons. The van der Waals surface area contributed by atoms with E-state index in [4.69, 9.17) is 9.84 Å². The highest BCUT2D eigenvalue weighted by atomic mass is 19.4.